The minimum Gasteiger partial charge on any atom is -0.309 e. The Morgan fingerprint density at radius 1 is 1.62 bits per heavy atom. The van der Waals surface area contributed by atoms with Gasteiger partial charge in [0.25, 0.3) is 0 Å². The Bertz CT molecular complexity index is 236. The predicted octanol–water partition coefficient (Wildman–Crippen LogP) is 0.658. The minimum atomic E-state index is 0.769. The summed E-state index contributed by atoms with van der Waals surface area (Å²) in [6.07, 6.45) is 1.72. The van der Waals surface area contributed by atoms with Gasteiger partial charge in [-0.1, -0.05) is 6.92 Å². The molecule has 0 radical (unpaired) electrons. The normalized spacial score (nSPS) is 10.6. The van der Waals surface area contributed by atoms with Gasteiger partial charge in [-0.05, 0) is 5.75 Å². The van der Waals surface area contributed by atoms with E-state index in [0.29, 0.717) is 0 Å². The molecule has 0 aliphatic carbocycles. The van der Waals surface area contributed by atoms with Crippen molar-refractivity contribution in [3.8, 4) is 0 Å². The van der Waals surface area contributed by atoms with Gasteiger partial charge in [0.05, 0.1) is 6.54 Å². The summed E-state index contributed by atoms with van der Waals surface area (Å²) >= 11 is 1.94. The Morgan fingerprint density at radius 2 is 2.46 bits per heavy atom. The van der Waals surface area contributed by atoms with Crippen LogP contribution in [0.25, 0.3) is 0 Å². The molecule has 0 fully saturated rings. The van der Waals surface area contributed by atoms with E-state index < -0.39 is 0 Å². The summed E-state index contributed by atoms with van der Waals surface area (Å²) in [7, 11) is 1.88. The van der Waals surface area contributed by atoms with Crippen LogP contribution in [0, 0.1) is 0 Å². The molecule has 1 N–H and O–H groups in total. The van der Waals surface area contributed by atoms with Crippen LogP contribution in [-0.2, 0) is 13.6 Å². The molecule has 0 spiro atoms. The number of nitrogens with zero attached hydrogens (tertiary/aromatic N) is 3. The molecule has 1 heterocycles. The van der Waals surface area contributed by atoms with Gasteiger partial charge >= 0.3 is 0 Å². The molecule has 5 heteroatoms. The second kappa shape index (κ2) is 5.99. The lowest BCUT2D eigenvalue weighted by molar-refractivity contribution is 0.673. The first-order valence-electron chi connectivity index (χ1n) is 4.46. The largest absolute Gasteiger partial charge is 0.309 e. The van der Waals surface area contributed by atoms with Crippen LogP contribution >= 0.6 is 11.8 Å². The summed E-state index contributed by atoms with van der Waals surface area (Å²) in [5.74, 6) is 3.20. The molecule has 1 aromatic heterocycles. The summed E-state index contributed by atoms with van der Waals surface area (Å²) in [5.41, 5.74) is 0. The van der Waals surface area contributed by atoms with Crippen molar-refractivity contribution in [1.82, 2.24) is 20.1 Å². The average Bonchev–Trinajstić information content (AvgIpc) is 2.51. The maximum absolute atomic E-state index is 4.16. The topological polar surface area (TPSA) is 42.7 Å². The highest BCUT2D eigenvalue weighted by Crippen LogP contribution is 1.95. The van der Waals surface area contributed by atoms with Gasteiger partial charge in [0.15, 0.2) is 5.82 Å². The zero-order chi connectivity index (χ0) is 9.52. The second-order valence-corrected chi connectivity index (χ2v) is 4.10. The standard InChI is InChI=1S/C8H16N4S/c1-3-13-5-4-9-6-8-10-7-12(2)11-8/h7,9H,3-6H2,1-2H3. The molecule has 0 bridgehead atoms. The van der Waals surface area contributed by atoms with Crippen LogP contribution in [0.4, 0.5) is 0 Å². The van der Waals surface area contributed by atoms with Crippen LogP contribution in [0.15, 0.2) is 6.33 Å². The maximum Gasteiger partial charge on any atom is 0.164 e. The molecule has 0 aliphatic heterocycles. The molecule has 0 saturated carbocycles. The summed E-state index contributed by atoms with van der Waals surface area (Å²) in [6.45, 7) is 3.97. The number of thioether (sulfide) groups is 1. The summed E-state index contributed by atoms with van der Waals surface area (Å²) < 4.78 is 1.72. The minimum absolute atomic E-state index is 0.769. The molecule has 0 saturated heterocycles. The Hall–Kier alpha value is -0.550. The molecule has 74 valence electrons. The van der Waals surface area contributed by atoms with Crippen molar-refractivity contribution in [3.05, 3.63) is 12.2 Å². The van der Waals surface area contributed by atoms with Gasteiger partial charge in [-0.2, -0.15) is 16.9 Å². The van der Waals surface area contributed by atoms with Crippen molar-refractivity contribution in [2.75, 3.05) is 18.1 Å². The predicted molar refractivity (Wildman–Crippen MR) is 55.7 cm³/mol. The molecule has 13 heavy (non-hydrogen) atoms. The Labute approximate surface area is 83.1 Å². The summed E-state index contributed by atoms with van der Waals surface area (Å²) in [6, 6.07) is 0. The van der Waals surface area contributed by atoms with E-state index in [2.05, 4.69) is 22.3 Å². The molecule has 4 nitrogen and oxygen atoms in total. The number of aryl methyl sites for hydroxylation is 1. The van der Waals surface area contributed by atoms with Gasteiger partial charge in [-0.3, -0.25) is 4.68 Å². The quantitative estimate of drug-likeness (QED) is 0.685. The van der Waals surface area contributed by atoms with Crippen molar-refractivity contribution in [2.45, 2.75) is 13.5 Å². The molecular weight excluding hydrogens is 184 g/mol. The molecule has 0 aliphatic rings. The first-order valence-corrected chi connectivity index (χ1v) is 5.61. The molecule has 1 rings (SSSR count). The molecule has 0 atom stereocenters. The third-order valence-corrected chi connectivity index (χ3v) is 2.46. The Morgan fingerprint density at radius 3 is 3.08 bits per heavy atom. The molecule has 0 amide bonds. The summed E-state index contributed by atoms with van der Waals surface area (Å²) in [4.78, 5) is 4.12. The number of rotatable bonds is 6. The highest BCUT2D eigenvalue weighted by atomic mass is 32.2. The smallest absolute Gasteiger partial charge is 0.164 e. The van der Waals surface area contributed by atoms with Crippen LogP contribution in [0.5, 0.6) is 0 Å². The van der Waals surface area contributed by atoms with E-state index in [9.17, 15) is 0 Å². The maximum atomic E-state index is 4.16. The van der Waals surface area contributed by atoms with E-state index in [1.54, 1.807) is 11.0 Å². The zero-order valence-corrected chi connectivity index (χ0v) is 8.97. The van der Waals surface area contributed by atoms with E-state index in [-0.39, 0.29) is 0 Å². The number of aromatic nitrogens is 3. The van der Waals surface area contributed by atoms with E-state index in [0.717, 1.165) is 24.7 Å². The van der Waals surface area contributed by atoms with Crippen molar-refractivity contribution in [1.29, 1.82) is 0 Å². The molecule has 0 unspecified atom stereocenters. The number of nitrogens with one attached hydrogen (secondary N) is 1. The zero-order valence-electron chi connectivity index (χ0n) is 8.16. The van der Waals surface area contributed by atoms with Crippen LogP contribution in [0.3, 0.4) is 0 Å². The fraction of sp³-hybridized carbons (Fsp3) is 0.750. The fourth-order valence-electron chi connectivity index (χ4n) is 0.954. The second-order valence-electron chi connectivity index (χ2n) is 2.71. The summed E-state index contributed by atoms with van der Waals surface area (Å²) in [5, 5.41) is 7.46. The Balaban J connectivity index is 2.06. The first-order chi connectivity index (χ1) is 6.33. The molecular formula is C8H16N4S. The first kappa shape index (κ1) is 10.5. The van der Waals surface area contributed by atoms with Crippen LogP contribution < -0.4 is 5.32 Å². The van der Waals surface area contributed by atoms with Crippen molar-refractivity contribution < 1.29 is 0 Å². The van der Waals surface area contributed by atoms with E-state index in [1.807, 2.05) is 18.8 Å². The van der Waals surface area contributed by atoms with Gasteiger partial charge < -0.3 is 5.32 Å². The van der Waals surface area contributed by atoms with Crippen LogP contribution in [0.2, 0.25) is 0 Å². The molecule has 1 aromatic rings. The van der Waals surface area contributed by atoms with Gasteiger partial charge in [0.2, 0.25) is 0 Å². The van der Waals surface area contributed by atoms with E-state index in [4.69, 9.17) is 0 Å². The number of hydrogen-bond donors (Lipinski definition) is 1. The number of hydrogen-bond acceptors (Lipinski definition) is 4. The Kier molecular flexibility index (Phi) is 4.85. The lowest BCUT2D eigenvalue weighted by Crippen LogP contribution is -2.17. The lowest BCUT2D eigenvalue weighted by Gasteiger charge is -1.99. The molecule has 0 aromatic carbocycles. The average molecular weight is 200 g/mol. The van der Waals surface area contributed by atoms with Gasteiger partial charge in [-0.15, -0.1) is 0 Å². The SMILES string of the molecule is CCSCCNCc1ncn(C)n1. The van der Waals surface area contributed by atoms with Crippen molar-refractivity contribution >= 4 is 11.8 Å². The van der Waals surface area contributed by atoms with E-state index >= 15 is 0 Å². The van der Waals surface area contributed by atoms with Gasteiger partial charge in [0.1, 0.15) is 6.33 Å². The van der Waals surface area contributed by atoms with Crippen LogP contribution in [-0.4, -0.2) is 32.8 Å². The highest BCUT2D eigenvalue weighted by molar-refractivity contribution is 7.99. The van der Waals surface area contributed by atoms with Crippen molar-refractivity contribution in [2.24, 2.45) is 7.05 Å². The van der Waals surface area contributed by atoms with E-state index in [1.165, 1.54) is 5.75 Å². The lowest BCUT2D eigenvalue weighted by atomic mass is 10.6. The van der Waals surface area contributed by atoms with Gasteiger partial charge in [0, 0.05) is 19.3 Å². The highest BCUT2D eigenvalue weighted by Gasteiger charge is 1.96. The fourth-order valence-corrected chi connectivity index (χ4v) is 1.53. The third-order valence-electron chi connectivity index (χ3n) is 1.56. The van der Waals surface area contributed by atoms with Gasteiger partial charge in [-0.25, -0.2) is 4.98 Å². The van der Waals surface area contributed by atoms with Crippen LogP contribution in [0.1, 0.15) is 12.7 Å². The monoisotopic (exact) mass is 200 g/mol. The third kappa shape index (κ3) is 4.28. The van der Waals surface area contributed by atoms with Crippen molar-refractivity contribution in [3.63, 3.8) is 0 Å².